The molecule has 1 nitrogen and oxygen atoms in total. The fourth-order valence-corrected chi connectivity index (χ4v) is 93.8. The average molecular weight is 341 g/mol. The molecular formula is C21H19FeN. The molecule has 10 heterocycles. The number of hydrogen-bond acceptors (Lipinski definition) is 1. The fraction of sp³-hybridized carbons (Fsp3) is 0.524. The Balaban J connectivity index is 1.24. The number of benzene rings is 2. The summed E-state index contributed by atoms with van der Waals surface area (Å²) in [6, 6.07) is 16.4. The molecule has 5 unspecified atom stereocenters. The van der Waals surface area contributed by atoms with Crippen molar-refractivity contribution in [3.05, 3.63) is 48.0 Å². The first kappa shape index (κ1) is 9.04. The molecule has 0 bridgehead atoms. The summed E-state index contributed by atoms with van der Waals surface area (Å²) in [4.78, 5) is 12.3. The first-order valence-corrected chi connectivity index (χ1v) is 15.8. The molecule has 10 aliphatic rings. The minimum absolute atomic E-state index is 0.418. The Labute approximate surface area is 124 Å². The van der Waals surface area contributed by atoms with Gasteiger partial charge >= 0.3 is 125 Å². The maximum atomic E-state index is 7.20. The van der Waals surface area contributed by atoms with Gasteiger partial charge in [-0.3, -0.25) is 0 Å². The molecule has 116 valence electrons. The van der Waals surface area contributed by atoms with Gasteiger partial charge in [0.25, 0.3) is 0 Å². The van der Waals surface area contributed by atoms with Crippen molar-refractivity contribution >= 4 is 10.8 Å². The second-order valence-corrected chi connectivity index (χ2v) is 36.4. The Morgan fingerprint density at radius 1 is 0.783 bits per heavy atom. The zero-order valence-corrected chi connectivity index (χ0v) is 13.9. The second kappa shape index (κ2) is 0.932. The van der Waals surface area contributed by atoms with E-state index in [9.17, 15) is 0 Å². The first-order valence-electron chi connectivity index (χ1n) is 9.48. The quantitative estimate of drug-likeness (QED) is 0.707. The molecule has 0 aliphatic carbocycles. The Morgan fingerprint density at radius 3 is 1.91 bits per heavy atom. The molecule has 0 aromatic heterocycles. The molecule has 1 spiro atoms. The summed E-state index contributed by atoms with van der Waals surface area (Å²) < 4.78 is 0.793. The van der Waals surface area contributed by atoms with Gasteiger partial charge in [-0.1, -0.05) is 0 Å². The van der Waals surface area contributed by atoms with E-state index in [1.807, 2.05) is 0 Å². The topological polar surface area (TPSA) is 26.0 Å². The van der Waals surface area contributed by atoms with Gasteiger partial charge in [0.2, 0.25) is 0 Å². The standard InChI is InChI=1S/C16H14N.C5H5.Fe/c17-16(13-6-2-3-7-13)15-10-9-12-5-1-4-8-14(12)11-15;1-2-4-5-3-1;/h1-11,16H,17H2;1-5H;. The van der Waals surface area contributed by atoms with Crippen LogP contribution in [0.1, 0.15) is 11.6 Å². The van der Waals surface area contributed by atoms with Crippen LogP contribution < -0.4 is 5.73 Å². The van der Waals surface area contributed by atoms with Crippen molar-refractivity contribution in [1.82, 2.24) is 0 Å². The zero-order chi connectivity index (χ0) is 14.3. The average Bonchev–Trinajstić information content (AvgIpc) is 3.53. The van der Waals surface area contributed by atoms with Crippen LogP contribution in [-0.2, 0) is 6.51 Å². The summed E-state index contributed by atoms with van der Waals surface area (Å²) in [6.07, 6.45) is 0. The van der Waals surface area contributed by atoms with Crippen LogP contribution in [-0.4, -0.2) is 0 Å². The molecule has 10 saturated heterocycles. The van der Waals surface area contributed by atoms with Crippen LogP contribution in [0.15, 0.2) is 42.5 Å². The zero-order valence-electron chi connectivity index (χ0n) is 12.7. The molecule has 23 heavy (non-hydrogen) atoms. The van der Waals surface area contributed by atoms with Crippen LogP contribution in [0.3, 0.4) is 0 Å². The summed E-state index contributed by atoms with van der Waals surface area (Å²) in [5.41, 5.74) is 8.70. The van der Waals surface area contributed by atoms with Crippen LogP contribution >= 0.6 is 0 Å². The molecule has 10 aliphatic heterocycles. The number of nitrogens with two attached hydrogens (primary N) is 1. The molecular weight excluding hydrogens is 322 g/mol. The van der Waals surface area contributed by atoms with Gasteiger partial charge in [-0.25, -0.2) is 0 Å². The van der Waals surface area contributed by atoms with Crippen LogP contribution in [0.25, 0.3) is 10.8 Å². The van der Waals surface area contributed by atoms with E-state index in [0.29, 0.717) is 6.04 Å². The third kappa shape index (κ3) is 0.133. The molecule has 0 saturated carbocycles. The molecule has 2 heteroatoms. The van der Waals surface area contributed by atoms with E-state index in [1.54, 1.807) is 0 Å². The van der Waals surface area contributed by atoms with Crippen LogP contribution in [0.5, 0.6) is 0 Å². The molecule has 2 aromatic carbocycles. The van der Waals surface area contributed by atoms with E-state index in [2.05, 4.69) is 42.5 Å². The van der Waals surface area contributed by atoms with E-state index in [0.717, 1.165) is 4.31 Å². The monoisotopic (exact) mass is 341 g/mol. The first-order chi connectivity index (χ1) is 11.0. The summed E-state index contributed by atoms with van der Waals surface area (Å²) in [5.74, 6) is 0. The Morgan fingerprint density at radius 2 is 1.39 bits per heavy atom. The number of rotatable bonds is 2. The molecule has 12 rings (SSSR count). The van der Waals surface area contributed by atoms with Crippen molar-refractivity contribution in [2.75, 3.05) is 0 Å². The molecule has 2 N–H and O–H groups in total. The van der Waals surface area contributed by atoms with Gasteiger partial charge in [-0.15, -0.1) is 0 Å². The minimum atomic E-state index is -3.05. The van der Waals surface area contributed by atoms with Crippen molar-refractivity contribution in [2.45, 2.75) is 53.7 Å². The van der Waals surface area contributed by atoms with Gasteiger partial charge in [0.05, 0.1) is 0 Å². The Hall–Kier alpha value is -0.821. The predicted molar refractivity (Wildman–Crippen MR) is 87.3 cm³/mol. The molecule has 10 fully saturated rings. The summed E-state index contributed by atoms with van der Waals surface area (Å²) in [6.45, 7) is -3.05. The molecule has 0 radical (unpaired) electrons. The van der Waals surface area contributed by atoms with Gasteiger partial charge in [-0.2, -0.15) is 0 Å². The summed E-state index contributed by atoms with van der Waals surface area (Å²) >= 11 is 0. The van der Waals surface area contributed by atoms with Crippen molar-refractivity contribution in [2.24, 2.45) is 5.73 Å². The van der Waals surface area contributed by atoms with E-state index < -0.39 is 6.51 Å². The van der Waals surface area contributed by atoms with E-state index >= 15 is 0 Å². The molecule has 5 atom stereocenters. The Kier molecular flexibility index (Phi) is 0.366. The van der Waals surface area contributed by atoms with Gasteiger partial charge in [0, 0.05) is 0 Å². The normalized spacial score (nSPS) is 92.7. The molecule has 2 aromatic rings. The van der Waals surface area contributed by atoms with Crippen molar-refractivity contribution in [3.8, 4) is 0 Å². The predicted octanol–water partition coefficient (Wildman–Crippen LogP) is 5.60. The van der Waals surface area contributed by atoms with Crippen molar-refractivity contribution in [3.63, 3.8) is 0 Å². The van der Waals surface area contributed by atoms with E-state index in [1.165, 1.54) is 59.7 Å². The number of fused-ring (bicyclic) bond motifs is 11. The van der Waals surface area contributed by atoms with Crippen LogP contribution in [0.4, 0.5) is 0 Å². The van der Waals surface area contributed by atoms with Crippen LogP contribution in [0, 0.1) is 0 Å². The SMILES string of the molecule is NC(c1ccc2ccccc2c1)[C]12[CH]3[CH]4[CH]5[CH]1[Fe]45321678[CH]2[CH]1[CH]6[CH]7[CH]28. The van der Waals surface area contributed by atoms with Crippen LogP contribution in [0.2, 0.25) is 47.7 Å². The van der Waals surface area contributed by atoms with Gasteiger partial charge in [-0.05, 0) is 0 Å². The van der Waals surface area contributed by atoms with Gasteiger partial charge in [0.1, 0.15) is 0 Å². The third-order valence-corrected chi connectivity index (χ3v) is 60.1. The molecule has 0 amide bonds. The van der Waals surface area contributed by atoms with Gasteiger partial charge in [0.15, 0.2) is 0 Å². The van der Waals surface area contributed by atoms with Gasteiger partial charge < -0.3 is 0 Å². The number of hydrogen-bond donors (Lipinski definition) is 1. The maximum absolute atomic E-state index is 7.20. The second-order valence-electron chi connectivity index (χ2n) is 12.8. The fourth-order valence-electron chi connectivity index (χ4n) is 18.9. The third-order valence-electron chi connectivity index (χ3n) is 17.4. The summed E-state index contributed by atoms with van der Waals surface area (Å²) in [5, 5.41) is 2.76. The van der Waals surface area contributed by atoms with Crippen molar-refractivity contribution in [1.29, 1.82) is 0 Å². The van der Waals surface area contributed by atoms with E-state index in [4.69, 9.17) is 5.73 Å². The Bertz CT molecular complexity index is 1390. The van der Waals surface area contributed by atoms with Crippen molar-refractivity contribution < 1.29 is 6.51 Å². The summed E-state index contributed by atoms with van der Waals surface area (Å²) in [7, 11) is 0. The van der Waals surface area contributed by atoms with E-state index in [-0.39, 0.29) is 0 Å².